The zero-order valence-corrected chi connectivity index (χ0v) is 19.6. The van der Waals surface area contributed by atoms with Crippen LogP contribution < -0.4 is 10.1 Å². The standard InChI is InChI=1S/C25H29N3O3S/c1-4-5-14-28-21(29)16-32-25-22(18-11-7-8-12-19(18)27(25)2)23(28)24(30)26-15-17-10-6-9-13-20(17)31-3/h6-13,23H,4-5,14-16H2,1-3H3,(H,26,30)/t23-/m0/s1. The fourth-order valence-electron chi connectivity index (χ4n) is 4.33. The van der Waals surface area contributed by atoms with Gasteiger partial charge in [0.25, 0.3) is 0 Å². The Morgan fingerprint density at radius 1 is 1.19 bits per heavy atom. The number of hydrogen-bond donors (Lipinski definition) is 1. The second kappa shape index (κ2) is 9.69. The molecule has 1 N–H and O–H groups in total. The molecule has 0 saturated heterocycles. The number of rotatable bonds is 7. The summed E-state index contributed by atoms with van der Waals surface area (Å²) in [5.74, 6) is 0.896. The van der Waals surface area contributed by atoms with E-state index in [1.54, 1.807) is 12.0 Å². The Morgan fingerprint density at radius 3 is 2.72 bits per heavy atom. The molecule has 1 aliphatic rings. The Bertz CT molecular complexity index is 1140. The number of nitrogens with zero attached hydrogens (tertiary/aromatic N) is 2. The van der Waals surface area contributed by atoms with Crippen LogP contribution in [0.5, 0.6) is 5.75 Å². The number of carbonyl (C=O) groups excluding carboxylic acids is 2. The molecule has 0 aliphatic carbocycles. The summed E-state index contributed by atoms with van der Waals surface area (Å²) in [7, 11) is 3.63. The Kier molecular flexibility index (Phi) is 6.74. The van der Waals surface area contributed by atoms with Gasteiger partial charge < -0.3 is 19.5 Å². The summed E-state index contributed by atoms with van der Waals surface area (Å²) in [6.07, 6.45) is 1.81. The molecule has 0 saturated carbocycles. The minimum absolute atomic E-state index is 0.00109. The lowest BCUT2D eigenvalue weighted by Gasteiger charge is -2.30. The average molecular weight is 452 g/mol. The second-order valence-corrected chi connectivity index (χ2v) is 8.92. The Hall–Kier alpha value is -2.93. The molecule has 2 amide bonds. The zero-order valence-electron chi connectivity index (χ0n) is 18.8. The molecule has 1 atom stereocenters. The third-order valence-corrected chi connectivity index (χ3v) is 7.13. The maximum absolute atomic E-state index is 13.7. The fourth-order valence-corrected chi connectivity index (χ4v) is 5.43. The van der Waals surface area contributed by atoms with Crippen molar-refractivity contribution in [3.63, 3.8) is 0 Å². The van der Waals surface area contributed by atoms with Crippen LogP contribution in [0.3, 0.4) is 0 Å². The van der Waals surface area contributed by atoms with Crippen LogP contribution in [0.4, 0.5) is 0 Å². The maximum Gasteiger partial charge on any atom is 0.247 e. The number of nitrogens with one attached hydrogen (secondary N) is 1. The number of thioether (sulfide) groups is 1. The number of fused-ring (bicyclic) bond motifs is 3. The van der Waals surface area contributed by atoms with Gasteiger partial charge >= 0.3 is 0 Å². The van der Waals surface area contributed by atoms with E-state index in [0.29, 0.717) is 18.8 Å². The van der Waals surface area contributed by atoms with E-state index in [9.17, 15) is 9.59 Å². The smallest absolute Gasteiger partial charge is 0.247 e. The van der Waals surface area contributed by atoms with E-state index in [4.69, 9.17) is 4.74 Å². The van der Waals surface area contributed by atoms with Crippen LogP contribution in [0.2, 0.25) is 0 Å². The van der Waals surface area contributed by atoms with Crippen molar-refractivity contribution in [3.8, 4) is 5.75 Å². The van der Waals surface area contributed by atoms with Gasteiger partial charge in [-0.2, -0.15) is 0 Å². The van der Waals surface area contributed by atoms with Crippen molar-refractivity contribution in [3.05, 3.63) is 59.7 Å². The summed E-state index contributed by atoms with van der Waals surface area (Å²) in [6.45, 7) is 2.99. The van der Waals surface area contributed by atoms with Crippen molar-refractivity contribution in [2.24, 2.45) is 7.05 Å². The van der Waals surface area contributed by atoms with Gasteiger partial charge in [0.15, 0.2) is 0 Å². The molecule has 2 aromatic carbocycles. The van der Waals surface area contributed by atoms with Crippen molar-refractivity contribution < 1.29 is 14.3 Å². The van der Waals surface area contributed by atoms with Crippen molar-refractivity contribution >= 4 is 34.5 Å². The van der Waals surface area contributed by atoms with E-state index in [1.807, 2.05) is 49.5 Å². The highest BCUT2D eigenvalue weighted by atomic mass is 32.2. The Labute approximate surface area is 192 Å². The number of unbranched alkanes of at least 4 members (excludes halogenated alkanes) is 1. The van der Waals surface area contributed by atoms with Crippen LogP contribution >= 0.6 is 11.8 Å². The lowest BCUT2D eigenvalue weighted by atomic mass is 10.0. The monoisotopic (exact) mass is 451 g/mol. The van der Waals surface area contributed by atoms with Gasteiger partial charge in [-0.05, 0) is 18.6 Å². The van der Waals surface area contributed by atoms with E-state index >= 15 is 0 Å². The minimum Gasteiger partial charge on any atom is -0.496 e. The summed E-state index contributed by atoms with van der Waals surface area (Å²) >= 11 is 1.52. The van der Waals surface area contributed by atoms with Gasteiger partial charge in [-0.3, -0.25) is 9.59 Å². The first kappa shape index (κ1) is 22.3. The molecule has 0 fully saturated rings. The molecule has 3 aromatic rings. The molecular weight excluding hydrogens is 422 g/mol. The largest absolute Gasteiger partial charge is 0.496 e. The fraction of sp³-hybridized carbons (Fsp3) is 0.360. The first-order chi connectivity index (χ1) is 15.6. The summed E-state index contributed by atoms with van der Waals surface area (Å²) in [4.78, 5) is 28.6. The molecule has 0 unspecified atom stereocenters. The Morgan fingerprint density at radius 2 is 1.94 bits per heavy atom. The van der Waals surface area contributed by atoms with Gasteiger partial charge in [-0.1, -0.05) is 61.5 Å². The van der Waals surface area contributed by atoms with E-state index in [2.05, 4.69) is 22.9 Å². The molecule has 1 aliphatic heterocycles. The molecule has 4 rings (SSSR count). The SMILES string of the molecule is CCCCN1C(=O)CSc2c(c3ccccc3n2C)[C@H]1C(=O)NCc1ccccc1OC. The number of para-hydroxylation sites is 2. The summed E-state index contributed by atoms with van der Waals surface area (Å²) in [6, 6.07) is 15.1. The van der Waals surface area contributed by atoms with Gasteiger partial charge in [0.2, 0.25) is 11.8 Å². The highest BCUT2D eigenvalue weighted by Gasteiger charge is 2.38. The lowest BCUT2D eigenvalue weighted by Crippen LogP contribution is -2.44. The molecule has 7 heteroatoms. The zero-order chi connectivity index (χ0) is 22.7. The molecule has 0 bridgehead atoms. The molecule has 6 nitrogen and oxygen atoms in total. The second-order valence-electron chi connectivity index (χ2n) is 7.96. The summed E-state index contributed by atoms with van der Waals surface area (Å²) in [5.41, 5.74) is 2.89. The molecule has 0 spiro atoms. The van der Waals surface area contributed by atoms with Crippen molar-refractivity contribution in [2.45, 2.75) is 37.4 Å². The van der Waals surface area contributed by atoms with Gasteiger partial charge in [0.05, 0.1) is 17.9 Å². The van der Waals surface area contributed by atoms with Crippen LogP contribution in [0, 0.1) is 0 Å². The van der Waals surface area contributed by atoms with Gasteiger partial charge in [0, 0.05) is 42.2 Å². The number of methoxy groups -OCH3 is 1. The number of amides is 2. The van der Waals surface area contributed by atoms with Crippen molar-refractivity contribution in [1.82, 2.24) is 14.8 Å². The summed E-state index contributed by atoms with van der Waals surface area (Å²) < 4.78 is 7.53. The van der Waals surface area contributed by atoms with E-state index in [-0.39, 0.29) is 11.8 Å². The molecular formula is C25H29N3O3S. The average Bonchev–Trinajstić information content (AvgIpc) is 3.00. The van der Waals surface area contributed by atoms with Crippen molar-refractivity contribution in [2.75, 3.05) is 19.4 Å². The van der Waals surface area contributed by atoms with E-state index < -0.39 is 6.04 Å². The van der Waals surface area contributed by atoms with Crippen LogP contribution in [-0.4, -0.2) is 40.7 Å². The normalized spacial score (nSPS) is 16.0. The van der Waals surface area contributed by atoms with Crippen LogP contribution in [-0.2, 0) is 23.2 Å². The first-order valence-corrected chi connectivity index (χ1v) is 11.9. The number of benzene rings is 2. The summed E-state index contributed by atoms with van der Waals surface area (Å²) in [5, 5.41) is 5.08. The lowest BCUT2D eigenvalue weighted by molar-refractivity contribution is -0.139. The Balaban J connectivity index is 1.75. The van der Waals surface area contributed by atoms with Crippen LogP contribution in [0.25, 0.3) is 10.9 Å². The molecule has 2 heterocycles. The van der Waals surface area contributed by atoms with Gasteiger partial charge in [-0.15, -0.1) is 0 Å². The minimum atomic E-state index is -0.667. The van der Waals surface area contributed by atoms with Gasteiger partial charge in [0.1, 0.15) is 11.8 Å². The third kappa shape index (κ3) is 4.09. The van der Waals surface area contributed by atoms with Gasteiger partial charge in [-0.25, -0.2) is 0 Å². The quantitative estimate of drug-likeness (QED) is 0.582. The van der Waals surface area contributed by atoms with E-state index in [1.165, 1.54) is 11.8 Å². The van der Waals surface area contributed by atoms with Crippen LogP contribution in [0.1, 0.15) is 36.9 Å². The number of aromatic nitrogens is 1. The van der Waals surface area contributed by atoms with Crippen LogP contribution in [0.15, 0.2) is 53.6 Å². The molecule has 0 radical (unpaired) electrons. The first-order valence-electron chi connectivity index (χ1n) is 11.0. The van der Waals surface area contributed by atoms with E-state index in [0.717, 1.165) is 45.6 Å². The molecule has 168 valence electrons. The van der Waals surface area contributed by atoms with Crippen molar-refractivity contribution in [1.29, 1.82) is 0 Å². The predicted octanol–water partition coefficient (Wildman–Crippen LogP) is 4.28. The maximum atomic E-state index is 13.7. The molecule has 1 aromatic heterocycles. The number of aryl methyl sites for hydroxylation is 1. The third-order valence-electron chi connectivity index (χ3n) is 5.97. The molecule has 32 heavy (non-hydrogen) atoms. The highest BCUT2D eigenvalue weighted by Crippen LogP contribution is 2.41. The number of hydrogen-bond acceptors (Lipinski definition) is 4. The highest BCUT2D eigenvalue weighted by molar-refractivity contribution is 8.00. The predicted molar refractivity (Wildman–Crippen MR) is 128 cm³/mol. The topological polar surface area (TPSA) is 63.6 Å². The number of carbonyl (C=O) groups is 2. The number of ether oxygens (including phenoxy) is 1.